The van der Waals surface area contributed by atoms with E-state index in [4.69, 9.17) is 0 Å². The van der Waals surface area contributed by atoms with Crippen LogP contribution in [0.15, 0.2) is 54.7 Å². The number of H-pyrrole nitrogens is 1. The van der Waals surface area contributed by atoms with Crippen LogP contribution in [0.4, 0.5) is 5.82 Å². The second-order valence-electron chi connectivity index (χ2n) is 34.4. The number of amides is 13. The molecule has 2 saturated carbocycles. The minimum Gasteiger partial charge on any atom is -0.508 e. The monoisotopic (exact) mass is 1660 g/mol. The maximum Gasteiger partial charge on any atom is 0.245 e. The van der Waals surface area contributed by atoms with Gasteiger partial charge in [-0.1, -0.05) is 129 Å². The van der Waals surface area contributed by atoms with E-state index >= 15 is 33.6 Å². The molecule has 3 aromatic rings. The molecule has 4 heterocycles. The van der Waals surface area contributed by atoms with Gasteiger partial charge in [-0.3, -0.25) is 62.3 Å². The van der Waals surface area contributed by atoms with Crippen molar-refractivity contribution in [3.05, 3.63) is 77.0 Å². The van der Waals surface area contributed by atoms with Crippen LogP contribution in [0.5, 0.6) is 11.5 Å². The third kappa shape index (κ3) is 30.7. The summed E-state index contributed by atoms with van der Waals surface area (Å²) in [4.78, 5) is 194. The van der Waals surface area contributed by atoms with Crippen LogP contribution in [0.25, 0.3) is 0 Å². The number of nitrogens with one attached hydrogen (secondary N) is 15. The molecule has 4 fully saturated rings. The van der Waals surface area contributed by atoms with Gasteiger partial charge in [0.05, 0.1) is 12.2 Å². The highest BCUT2D eigenvalue weighted by atomic mass is 16.3. The van der Waals surface area contributed by atoms with Gasteiger partial charge in [-0.05, 0) is 174 Å². The molecular formula is C87H133N15O17. The van der Waals surface area contributed by atoms with Crippen molar-refractivity contribution in [1.29, 1.82) is 0 Å². The number of aliphatic hydroxyl groups is 2. The standard InChI is InChI=1S/C87H133N15O17/c1-7-25-63-77(110)95-65-43-44-70(108)89-46-23-20-30-64(79(112)100-73(53(3)104)84(117)97-68(81(114)93-63)50-58-51-91-76-61(58)41-42-62(92-76)56-26-15-11-9-8-10-12-16-27-56)94-80(113)66(48-54-33-37-59(105)38-34-54)98-86(119)75(87(4,5)6)99-71(109)32-19-14-22-45-88-69(107)31-21-24-47-90-83(116)72(52(2)103)101-85(118)74(57-28-17-13-18-29-57)102-82(115)67(96-78(65)111)49-55-35-39-60(106)40-36-55/h33-40,51-53,56-57,62-68,72-75,91-92,103-106H,7-32,41-50H2,1-6H3,(H,88,107)(H,89,108)(H,90,116)(H,93,114)(H,94,113)(H,95,110)(H,96,111)(H,97,117)(H,98,119)(H,99,109)(H,100,112)(H,101,118)(H,102,115)/t52-,53-,62?,63+,64+,65?,66+,67+,68+,72+,73+,74+,75-/m1/s1. The fourth-order valence-corrected chi connectivity index (χ4v) is 16.6. The molecule has 0 radical (unpaired) electrons. The van der Waals surface area contributed by atoms with E-state index < -0.39 is 168 Å². The molecule has 32 nitrogen and oxygen atoms in total. The molecule has 1 aromatic heterocycles. The molecule has 32 heteroatoms. The number of hydrogen-bond acceptors (Lipinski definition) is 18. The van der Waals surface area contributed by atoms with Crippen molar-refractivity contribution < 1.29 is 82.8 Å². The fourth-order valence-electron chi connectivity index (χ4n) is 16.6. The van der Waals surface area contributed by atoms with Gasteiger partial charge in [0.15, 0.2) is 0 Å². The third-order valence-electron chi connectivity index (χ3n) is 23.6. The topological polar surface area (TPSA) is 487 Å². The third-order valence-corrected chi connectivity index (χ3v) is 23.6. The number of fused-ring (bicyclic) bond motifs is 10. The van der Waals surface area contributed by atoms with E-state index in [1.807, 2.05) is 0 Å². The van der Waals surface area contributed by atoms with Crippen LogP contribution in [0, 0.1) is 17.3 Å². The number of aliphatic hydroxyl groups excluding tert-OH is 2. The Morgan fingerprint density at radius 3 is 1.41 bits per heavy atom. The lowest BCUT2D eigenvalue weighted by molar-refractivity contribution is -0.137. The smallest absolute Gasteiger partial charge is 0.245 e. The van der Waals surface area contributed by atoms with Crippen molar-refractivity contribution in [2.24, 2.45) is 17.3 Å². The number of hydrogen-bond donors (Lipinski definition) is 19. The Bertz CT molecular complexity index is 3850. The summed E-state index contributed by atoms with van der Waals surface area (Å²) >= 11 is 0. The van der Waals surface area contributed by atoms with Gasteiger partial charge in [-0.2, -0.15) is 0 Å². The number of rotatable bonds is 12. The van der Waals surface area contributed by atoms with Crippen molar-refractivity contribution in [3.8, 4) is 11.5 Å². The first-order valence-corrected chi connectivity index (χ1v) is 43.7. The van der Waals surface area contributed by atoms with Crippen molar-refractivity contribution in [2.75, 3.05) is 25.0 Å². The Morgan fingerprint density at radius 2 is 0.815 bits per heavy atom. The summed E-state index contributed by atoms with van der Waals surface area (Å²) in [6, 6.07) is -3.16. The average molecular weight is 1660 g/mol. The SMILES string of the molecule is CCC[C@@H]1NC(=O)[C@H](Cc2c[nH]c3c2CCC(C2CCCCCCCCC2)N3)NC(=O)[C@H]([C@@H](C)O)NC(=O)[C@@H]2CCCCNC(=O)CCC(NC1=O)C(=O)N[C@@H](Cc1ccc(O)cc1)C(=O)N[C@@H](C1CCCCC1)C(=O)N[C@@H]([C@@H](C)O)C(=O)NCCCCC(=O)NCCCCCC(=O)N[C@@H](C(C)(C)C)C(=O)N[C@@H](Cc1ccc(O)cc1)C(=O)N2. The van der Waals surface area contributed by atoms with Crippen LogP contribution < -0.4 is 74.4 Å². The lowest BCUT2D eigenvalue weighted by Crippen LogP contribution is -2.63. The molecular weight excluding hydrogens is 1530 g/mol. The van der Waals surface area contributed by atoms with Crippen molar-refractivity contribution in [1.82, 2.24) is 74.1 Å². The van der Waals surface area contributed by atoms with Crippen LogP contribution >= 0.6 is 0 Å². The molecule has 5 aliphatic rings. The zero-order valence-corrected chi connectivity index (χ0v) is 70.4. The lowest BCUT2D eigenvalue weighted by atomic mass is 9.82. The molecule has 119 heavy (non-hydrogen) atoms. The molecule has 658 valence electrons. The van der Waals surface area contributed by atoms with Crippen molar-refractivity contribution in [3.63, 3.8) is 0 Å². The predicted molar refractivity (Wildman–Crippen MR) is 447 cm³/mol. The molecule has 2 aliphatic carbocycles. The first kappa shape index (κ1) is 94.6. The maximum atomic E-state index is 15.5. The minimum absolute atomic E-state index is 0.00159. The highest BCUT2D eigenvalue weighted by Gasteiger charge is 2.42. The van der Waals surface area contributed by atoms with E-state index in [0.29, 0.717) is 93.4 Å². The van der Waals surface area contributed by atoms with Gasteiger partial charge in [0, 0.05) is 70.4 Å². The van der Waals surface area contributed by atoms with Gasteiger partial charge in [0.2, 0.25) is 76.8 Å². The summed E-state index contributed by atoms with van der Waals surface area (Å²) in [5.74, 6) is -9.54. The van der Waals surface area contributed by atoms with Crippen molar-refractivity contribution in [2.45, 2.75) is 332 Å². The number of aromatic nitrogens is 1. The minimum atomic E-state index is -1.82. The quantitative estimate of drug-likeness (QED) is 0.119. The summed E-state index contributed by atoms with van der Waals surface area (Å²) in [6.07, 6.45) is 14.8. The van der Waals surface area contributed by atoms with Crippen molar-refractivity contribution >= 4 is 82.6 Å². The molecule has 2 saturated heterocycles. The van der Waals surface area contributed by atoms with E-state index in [0.717, 1.165) is 49.9 Å². The van der Waals surface area contributed by atoms with E-state index in [2.05, 4.69) is 79.4 Å². The van der Waals surface area contributed by atoms with Crippen LogP contribution in [0.3, 0.4) is 0 Å². The Labute approximate surface area is 699 Å². The largest absolute Gasteiger partial charge is 0.508 e. The number of aromatic hydroxyl groups is 2. The van der Waals surface area contributed by atoms with E-state index in [9.17, 15) is 49.2 Å². The van der Waals surface area contributed by atoms with E-state index in [-0.39, 0.29) is 101 Å². The zero-order valence-electron chi connectivity index (χ0n) is 70.4. The number of aromatic amines is 1. The fraction of sp³-hybridized carbons (Fsp3) is 0.667. The lowest BCUT2D eigenvalue weighted by Gasteiger charge is -2.33. The molecule has 2 aromatic carbocycles. The zero-order chi connectivity index (χ0) is 86.1. The molecule has 13 amide bonds. The van der Waals surface area contributed by atoms with Crippen LogP contribution in [0.1, 0.15) is 250 Å². The van der Waals surface area contributed by atoms with Gasteiger partial charge < -0.3 is 99.8 Å². The number of phenolic OH excluding ortho intramolecular Hbond substituents is 2. The molecule has 8 rings (SSSR count). The Balaban J connectivity index is 1.17. The average Bonchev–Trinajstić information content (AvgIpc) is 1.69. The Kier molecular flexibility index (Phi) is 38.0. The van der Waals surface area contributed by atoms with Gasteiger partial charge in [0.25, 0.3) is 0 Å². The first-order chi connectivity index (χ1) is 56.9. The molecule has 13 atom stereocenters. The van der Waals surface area contributed by atoms with Crippen LogP contribution in [-0.2, 0) is 88.0 Å². The summed E-state index contributed by atoms with van der Waals surface area (Å²) in [6.45, 7) is 9.85. The number of carbonyl (C=O) groups is 13. The van der Waals surface area contributed by atoms with Gasteiger partial charge in [0.1, 0.15) is 77.7 Å². The summed E-state index contributed by atoms with van der Waals surface area (Å²) < 4.78 is 0. The first-order valence-electron chi connectivity index (χ1n) is 43.7. The Morgan fingerprint density at radius 1 is 0.378 bits per heavy atom. The second kappa shape index (κ2) is 47.8. The molecule has 3 aliphatic heterocycles. The summed E-state index contributed by atoms with van der Waals surface area (Å²) in [7, 11) is 0. The molecule has 2 bridgehead atoms. The molecule has 19 N–H and O–H groups in total. The van der Waals surface area contributed by atoms with E-state index in [1.54, 1.807) is 46.0 Å². The second-order valence-corrected chi connectivity index (χ2v) is 34.4. The maximum absolute atomic E-state index is 15.5. The molecule has 0 spiro atoms. The molecule has 2 unspecified atom stereocenters. The van der Waals surface area contributed by atoms with Gasteiger partial charge in [-0.15, -0.1) is 0 Å². The van der Waals surface area contributed by atoms with Crippen LogP contribution in [0.2, 0.25) is 0 Å². The van der Waals surface area contributed by atoms with Crippen LogP contribution in [-0.4, -0.2) is 201 Å². The highest BCUT2D eigenvalue weighted by Crippen LogP contribution is 2.35. The number of phenols is 2. The highest BCUT2D eigenvalue weighted by molar-refractivity contribution is 6.00. The predicted octanol–water partition coefficient (Wildman–Crippen LogP) is 4.41. The van der Waals surface area contributed by atoms with Gasteiger partial charge in [-0.25, -0.2) is 0 Å². The van der Waals surface area contributed by atoms with E-state index in [1.165, 1.54) is 82.3 Å². The van der Waals surface area contributed by atoms with Gasteiger partial charge >= 0.3 is 0 Å². The normalized spacial score (nSPS) is 27.0. The number of benzene rings is 2. The number of carbonyl (C=O) groups excluding carboxylic acids is 13. The number of anilines is 1. The summed E-state index contributed by atoms with van der Waals surface area (Å²) in [5, 5.41) is 83.3. The summed E-state index contributed by atoms with van der Waals surface area (Å²) in [5.41, 5.74) is 1.47. The Hall–Kier alpha value is -9.85.